The third kappa shape index (κ3) is 3.59. The lowest BCUT2D eigenvalue weighted by Gasteiger charge is -2.55. The molecule has 1 aromatic rings. The zero-order chi connectivity index (χ0) is 25.4. The number of fused-ring (bicyclic) bond motifs is 5. The Hall–Kier alpha value is -1.84. The van der Waals surface area contributed by atoms with Crippen LogP contribution in [0, 0.1) is 51.8 Å². The van der Waals surface area contributed by atoms with E-state index in [9.17, 15) is 9.59 Å². The molecule has 6 aliphatic rings. The minimum Gasteiger partial charge on any atom is -0.469 e. The lowest BCUT2D eigenvalue weighted by molar-refractivity contribution is -0.156. The minimum absolute atomic E-state index is 0.107. The molecule has 6 saturated carbocycles. The number of esters is 1. The SMILES string of the molecule is COC(=O)C12CCCC3CC1CC(C14CC5CC(C(=O)N(C)Cc6ccccc6)CC(C1)C(C5)C4)(C3)C2. The highest BCUT2D eigenvalue weighted by molar-refractivity contribution is 5.79. The van der Waals surface area contributed by atoms with Crippen molar-refractivity contribution in [3.8, 4) is 0 Å². The fourth-order valence-electron chi connectivity index (χ4n) is 11.7. The number of carbonyl (C=O) groups is 2. The lowest BCUT2D eigenvalue weighted by Crippen LogP contribution is -2.46. The number of amides is 1. The van der Waals surface area contributed by atoms with Crippen LogP contribution in [0.2, 0.25) is 0 Å². The molecular formula is C33H45NO3. The van der Waals surface area contributed by atoms with Crippen molar-refractivity contribution in [1.29, 1.82) is 0 Å². The smallest absolute Gasteiger partial charge is 0.312 e. The predicted octanol–water partition coefficient (Wildman–Crippen LogP) is 6.63. The highest BCUT2D eigenvalue weighted by Gasteiger charge is 2.71. The molecule has 0 radical (unpaired) electrons. The van der Waals surface area contributed by atoms with Crippen molar-refractivity contribution in [3.63, 3.8) is 0 Å². The summed E-state index contributed by atoms with van der Waals surface area (Å²) in [4.78, 5) is 29.0. The largest absolute Gasteiger partial charge is 0.469 e. The molecule has 7 rings (SSSR count). The lowest BCUT2D eigenvalue weighted by atomic mass is 9.50. The third-order valence-electron chi connectivity index (χ3n) is 12.8. The van der Waals surface area contributed by atoms with Crippen LogP contribution in [0.1, 0.15) is 89.0 Å². The van der Waals surface area contributed by atoms with Gasteiger partial charge in [-0.05, 0) is 117 Å². The highest BCUT2D eigenvalue weighted by Crippen LogP contribution is 2.78. The Morgan fingerprint density at radius 3 is 2.46 bits per heavy atom. The fraction of sp³-hybridized carbons (Fsp3) is 0.758. The van der Waals surface area contributed by atoms with Crippen molar-refractivity contribution < 1.29 is 14.3 Å². The summed E-state index contributed by atoms with van der Waals surface area (Å²) in [5, 5.41) is 0. The molecule has 1 aromatic carbocycles. The maximum Gasteiger partial charge on any atom is 0.312 e. The van der Waals surface area contributed by atoms with Gasteiger partial charge in [0.1, 0.15) is 0 Å². The standard InChI is InChI=1S/C33H45NO3/c1-34(20-22-7-4-3-5-8-22)29(35)25-11-24-12-26-17-31(16-24,18-27(26)14-25)32-15-23-9-6-10-33(21-32,30(36)37-2)28(13-23)19-32/h3-5,7-8,23-28H,6,9-21H2,1-2H3. The van der Waals surface area contributed by atoms with E-state index in [1.165, 1.54) is 63.4 Å². The van der Waals surface area contributed by atoms with E-state index in [0.29, 0.717) is 41.0 Å². The Bertz CT molecular complexity index is 1070. The Balaban J connectivity index is 1.13. The van der Waals surface area contributed by atoms with E-state index in [-0.39, 0.29) is 17.3 Å². The van der Waals surface area contributed by atoms with Gasteiger partial charge >= 0.3 is 5.97 Å². The van der Waals surface area contributed by atoms with Crippen LogP contribution in [0.15, 0.2) is 30.3 Å². The van der Waals surface area contributed by atoms with Gasteiger partial charge < -0.3 is 9.64 Å². The van der Waals surface area contributed by atoms with Crippen molar-refractivity contribution in [3.05, 3.63) is 35.9 Å². The van der Waals surface area contributed by atoms with E-state index in [4.69, 9.17) is 4.74 Å². The maximum absolute atomic E-state index is 13.7. The summed E-state index contributed by atoms with van der Waals surface area (Å²) >= 11 is 0. The minimum atomic E-state index is -0.210. The summed E-state index contributed by atoms with van der Waals surface area (Å²) in [6.07, 6.45) is 16.1. The Morgan fingerprint density at radius 2 is 1.68 bits per heavy atom. The monoisotopic (exact) mass is 503 g/mol. The van der Waals surface area contributed by atoms with Crippen LogP contribution in [0.5, 0.6) is 0 Å². The summed E-state index contributed by atoms with van der Waals surface area (Å²) in [6.45, 7) is 0.709. The average Bonchev–Trinajstić information content (AvgIpc) is 3.18. The predicted molar refractivity (Wildman–Crippen MR) is 143 cm³/mol. The number of hydrogen-bond acceptors (Lipinski definition) is 3. The number of ether oxygens (including phenoxy) is 1. The van der Waals surface area contributed by atoms with Gasteiger partial charge in [0.2, 0.25) is 5.91 Å². The van der Waals surface area contributed by atoms with Crippen molar-refractivity contribution >= 4 is 11.9 Å². The molecule has 4 nitrogen and oxygen atoms in total. The third-order valence-corrected chi connectivity index (χ3v) is 12.8. The van der Waals surface area contributed by atoms with Gasteiger partial charge in [-0.25, -0.2) is 0 Å². The molecule has 0 aromatic heterocycles. The molecule has 9 unspecified atom stereocenters. The van der Waals surface area contributed by atoms with E-state index in [2.05, 4.69) is 24.3 Å². The first-order chi connectivity index (χ1) is 17.9. The van der Waals surface area contributed by atoms with E-state index in [0.717, 1.165) is 37.5 Å². The van der Waals surface area contributed by atoms with Gasteiger partial charge in [0.25, 0.3) is 0 Å². The van der Waals surface area contributed by atoms with Crippen LogP contribution in [0.4, 0.5) is 0 Å². The number of methoxy groups -OCH3 is 1. The molecule has 37 heavy (non-hydrogen) atoms. The summed E-state index contributed by atoms with van der Waals surface area (Å²) in [5.41, 5.74) is 1.74. The molecule has 0 heterocycles. The summed E-state index contributed by atoms with van der Waals surface area (Å²) in [6, 6.07) is 10.4. The molecule has 0 spiro atoms. The molecule has 6 bridgehead atoms. The Kier molecular flexibility index (Phi) is 5.62. The maximum atomic E-state index is 13.7. The van der Waals surface area contributed by atoms with Crippen LogP contribution in [0.3, 0.4) is 0 Å². The number of carbonyl (C=O) groups excluding carboxylic acids is 2. The van der Waals surface area contributed by atoms with Gasteiger partial charge in [-0.2, -0.15) is 0 Å². The number of hydrogen-bond donors (Lipinski definition) is 0. The number of rotatable bonds is 5. The normalized spacial score (nSPS) is 45.4. The van der Waals surface area contributed by atoms with Crippen LogP contribution in [-0.2, 0) is 20.9 Å². The molecule has 4 heteroatoms. The zero-order valence-corrected chi connectivity index (χ0v) is 22.9. The van der Waals surface area contributed by atoms with Crippen LogP contribution in [0.25, 0.3) is 0 Å². The molecule has 0 N–H and O–H groups in total. The van der Waals surface area contributed by atoms with E-state index >= 15 is 0 Å². The first-order valence-electron chi connectivity index (χ1n) is 15.2. The van der Waals surface area contributed by atoms with Gasteiger partial charge in [0.15, 0.2) is 0 Å². The Labute approximate surface area is 222 Å². The number of benzene rings is 1. The topological polar surface area (TPSA) is 46.6 Å². The highest BCUT2D eigenvalue weighted by atomic mass is 16.5. The second-order valence-electron chi connectivity index (χ2n) is 14.6. The first-order valence-corrected chi connectivity index (χ1v) is 15.2. The van der Waals surface area contributed by atoms with Crippen molar-refractivity contribution in [1.82, 2.24) is 4.90 Å². The average molecular weight is 504 g/mol. The molecule has 6 fully saturated rings. The molecular weight excluding hydrogens is 458 g/mol. The zero-order valence-electron chi connectivity index (χ0n) is 22.9. The van der Waals surface area contributed by atoms with Gasteiger partial charge in [0.05, 0.1) is 12.5 Å². The molecule has 0 aliphatic heterocycles. The Morgan fingerprint density at radius 1 is 0.919 bits per heavy atom. The molecule has 9 atom stereocenters. The molecule has 1 amide bonds. The van der Waals surface area contributed by atoms with E-state index < -0.39 is 0 Å². The summed E-state index contributed by atoms with van der Waals surface area (Å²) in [7, 11) is 3.62. The van der Waals surface area contributed by atoms with Crippen molar-refractivity contribution in [2.45, 2.75) is 90.0 Å². The van der Waals surface area contributed by atoms with Crippen molar-refractivity contribution in [2.24, 2.45) is 51.8 Å². The summed E-state index contributed by atoms with van der Waals surface area (Å²) in [5.74, 6) is 4.17. The van der Waals surface area contributed by atoms with Gasteiger partial charge in [0, 0.05) is 19.5 Å². The van der Waals surface area contributed by atoms with Crippen LogP contribution < -0.4 is 0 Å². The second kappa shape index (κ2) is 8.58. The van der Waals surface area contributed by atoms with Crippen molar-refractivity contribution in [2.75, 3.05) is 14.2 Å². The van der Waals surface area contributed by atoms with Gasteiger partial charge in [-0.1, -0.05) is 43.2 Å². The first kappa shape index (κ1) is 24.2. The number of nitrogens with zero attached hydrogens (tertiary/aromatic N) is 1. The second-order valence-corrected chi connectivity index (χ2v) is 14.6. The van der Waals surface area contributed by atoms with Crippen LogP contribution >= 0.6 is 0 Å². The van der Waals surface area contributed by atoms with Crippen LogP contribution in [-0.4, -0.2) is 30.9 Å². The molecule has 6 aliphatic carbocycles. The van der Waals surface area contributed by atoms with Gasteiger partial charge in [-0.15, -0.1) is 0 Å². The quantitative estimate of drug-likeness (QED) is 0.424. The molecule has 200 valence electrons. The van der Waals surface area contributed by atoms with E-state index in [1.54, 1.807) is 7.11 Å². The summed E-state index contributed by atoms with van der Waals surface area (Å²) < 4.78 is 5.52. The van der Waals surface area contributed by atoms with E-state index in [1.807, 2.05) is 18.0 Å². The van der Waals surface area contributed by atoms with Gasteiger partial charge in [-0.3, -0.25) is 9.59 Å². The molecule has 0 saturated heterocycles. The fourth-order valence-corrected chi connectivity index (χ4v) is 11.7.